The maximum absolute atomic E-state index is 13.1. The van der Waals surface area contributed by atoms with Gasteiger partial charge < -0.3 is 19.8 Å². The summed E-state index contributed by atoms with van der Waals surface area (Å²) in [5.74, 6) is 0.139. The number of halogens is 3. The Labute approximate surface area is 170 Å². The SMILES string of the molecule is COC(=O)Cc1cccc(OC(F)F)c1[C@H]1C[C@@H](N)c2nc3ccc(Cl)cc3n21. The number of benzene rings is 2. The minimum absolute atomic E-state index is 0.00432. The first-order valence-corrected chi connectivity index (χ1v) is 9.33. The number of aromatic nitrogens is 2. The van der Waals surface area contributed by atoms with Crippen molar-refractivity contribution in [2.45, 2.75) is 31.5 Å². The van der Waals surface area contributed by atoms with Crippen LogP contribution in [-0.4, -0.2) is 29.2 Å². The molecule has 2 heterocycles. The number of rotatable bonds is 5. The maximum Gasteiger partial charge on any atom is 0.387 e. The van der Waals surface area contributed by atoms with E-state index in [0.29, 0.717) is 33.9 Å². The fraction of sp³-hybridized carbons (Fsp3) is 0.300. The maximum atomic E-state index is 13.1. The third-order valence-corrected chi connectivity index (χ3v) is 5.30. The molecule has 0 spiro atoms. The van der Waals surface area contributed by atoms with E-state index in [-0.39, 0.29) is 12.2 Å². The van der Waals surface area contributed by atoms with Crippen molar-refractivity contribution >= 4 is 28.6 Å². The molecule has 2 atom stereocenters. The zero-order valence-corrected chi connectivity index (χ0v) is 16.2. The molecule has 1 aliphatic rings. The summed E-state index contributed by atoms with van der Waals surface area (Å²) in [6.07, 6.45) is 0.337. The van der Waals surface area contributed by atoms with Crippen LogP contribution < -0.4 is 10.5 Å². The summed E-state index contributed by atoms with van der Waals surface area (Å²) in [5, 5.41) is 0.520. The van der Waals surface area contributed by atoms with Gasteiger partial charge in [-0.1, -0.05) is 23.7 Å². The average molecular weight is 422 g/mol. The topological polar surface area (TPSA) is 79.4 Å². The summed E-state index contributed by atoms with van der Waals surface area (Å²) >= 11 is 6.17. The molecule has 0 radical (unpaired) electrons. The van der Waals surface area contributed by atoms with Gasteiger partial charge in [-0.2, -0.15) is 8.78 Å². The minimum atomic E-state index is -3.01. The molecule has 3 aromatic rings. The second kappa shape index (κ2) is 7.61. The lowest BCUT2D eigenvalue weighted by Gasteiger charge is -2.22. The van der Waals surface area contributed by atoms with Gasteiger partial charge in [0, 0.05) is 10.6 Å². The highest BCUT2D eigenvalue weighted by Gasteiger charge is 2.36. The predicted octanol–water partition coefficient (Wildman–Crippen LogP) is 4.00. The normalized spacial score (nSPS) is 18.3. The molecule has 9 heteroatoms. The van der Waals surface area contributed by atoms with Gasteiger partial charge in [-0.15, -0.1) is 0 Å². The van der Waals surface area contributed by atoms with Crippen LogP contribution in [0.5, 0.6) is 5.75 Å². The van der Waals surface area contributed by atoms with Gasteiger partial charge in [-0.25, -0.2) is 4.98 Å². The fourth-order valence-electron chi connectivity index (χ4n) is 3.92. The molecule has 1 aliphatic heterocycles. The number of imidazole rings is 1. The van der Waals surface area contributed by atoms with Crippen LogP contribution in [0.15, 0.2) is 36.4 Å². The van der Waals surface area contributed by atoms with E-state index in [9.17, 15) is 13.6 Å². The number of fused-ring (bicyclic) bond motifs is 3. The van der Waals surface area contributed by atoms with Crippen molar-refractivity contribution in [3.8, 4) is 5.75 Å². The lowest BCUT2D eigenvalue weighted by molar-refractivity contribution is -0.139. The lowest BCUT2D eigenvalue weighted by atomic mass is 9.94. The van der Waals surface area contributed by atoms with Crippen molar-refractivity contribution in [2.24, 2.45) is 5.73 Å². The largest absolute Gasteiger partial charge is 0.469 e. The first kappa shape index (κ1) is 19.6. The van der Waals surface area contributed by atoms with Crippen LogP contribution in [0.4, 0.5) is 8.78 Å². The molecular formula is C20H18ClF2N3O3. The lowest BCUT2D eigenvalue weighted by Crippen LogP contribution is -2.15. The van der Waals surface area contributed by atoms with E-state index in [4.69, 9.17) is 26.8 Å². The first-order chi connectivity index (χ1) is 13.9. The Balaban J connectivity index is 1.92. The Bertz CT molecular complexity index is 1090. The Morgan fingerprint density at radius 3 is 2.90 bits per heavy atom. The molecule has 2 aromatic carbocycles. The number of nitrogens with zero attached hydrogens (tertiary/aromatic N) is 2. The molecule has 4 rings (SSSR count). The van der Waals surface area contributed by atoms with Crippen molar-refractivity contribution in [1.29, 1.82) is 0 Å². The molecular weight excluding hydrogens is 404 g/mol. The molecule has 0 saturated carbocycles. The van der Waals surface area contributed by atoms with Gasteiger partial charge in [-0.05, 0) is 36.2 Å². The van der Waals surface area contributed by atoms with Gasteiger partial charge in [-0.3, -0.25) is 4.79 Å². The molecule has 152 valence electrons. The number of hydrogen-bond donors (Lipinski definition) is 1. The van der Waals surface area contributed by atoms with Crippen LogP contribution in [0.3, 0.4) is 0 Å². The third-order valence-electron chi connectivity index (χ3n) is 5.07. The highest BCUT2D eigenvalue weighted by atomic mass is 35.5. The number of nitrogens with two attached hydrogens (primary N) is 1. The van der Waals surface area contributed by atoms with Crippen LogP contribution >= 0.6 is 11.6 Å². The van der Waals surface area contributed by atoms with Crippen molar-refractivity contribution in [2.75, 3.05) is 7.11 Å². The standard InChI is InChI=1S/C20H18ClF2N3O3/c1-28-17(27)7-10-3-2-4-16(29-20(22)23)18(10)15-9-12(24)19-25-13-6-5-11(21)8-14(13)26(15)19/h2-6,8,12,15,20H,7,9,24H2,1H3/t12-,15-/m1/s1. The van der Waals surface area contributed by atoms with Crippen molar-refractivity contribution < 1.29 is 23.0 Å². The number of methoxy groups -OCH3 is 1. The van der Waals surface area contributed by atoms with Crippen LogP contribution in [0.1, 0.15) is 35.5 Å². The summed E-state index contributed by atoms with van der Waals surface area (Å²) in [6, 6.07) is 9.13. The summed E-state index contributed by atoms with van der Waals surface area (Å²) in [6.45, 7) is -3.01. The zero-order chi connectivity index (χ0) is 20.7. The molecule has 2 N–H and O–H groups in total. The number of carbonyl (C=O) groups excluding carboxylic acids is 1. The van der Waals surface area contributed by atoms with E-state index < -0.39 is 24.7 Å². The van der Waals surface area contributed by atoms with E-state index in [1.165, 1.54) is 13.2 Å². The highest BCUT2D eigenvalue weighted by molar-refractivity contribution is 6.31. The van der Waals surface area contributed by atoms with Crippen LogP contribution in [-0.2, 0) is 16.0 Å². The molecule has 0 fully saturated rings. The second-order valence-corrected chi connectivity index (χ2v) is 7.23. The van der Waals surface area contributed by atoms with Gasteiger partial charge in [0.25, 0.3) is 0 Å². The van der Waals surface area contributed by atoms with Gasteiger partial charge in [0.05, 0.1) is 36.6 Å². The third kappa shape index (κ3) is 3.54. The molecule has 29 heavy (non-hydrogen) atoms. The minimum Gasteiger partial charge on any atom is -0.469 e. The van der Waals surface area contributed by atoms with Gasteiger partial charge in [0.1, 0.15) is 11.6 Å². The zero-order valence-electron chi connectivity index (χ0n) is 15.4. The van der Waals surface area contributed by atoms with E-state index >= 15 is 0 Å². The summed E-state index contributed by atoms with van der Waals surface area (Å²) in [7, 11) is 1.27. The molecule has 0 saturated heterocycles. The Morgan fingerprint density at radius 2 is 2.17 bits per heavy atom. The molecule has 0 aliphatic carbocycles. The molecule has 0 unspecified atom stereocenters. The van der Waals surface area contributed by atoms with E-state index in [0.717, 1.165) is 5.52 Å². The number of alkyl halides is 2. The van der Waals surface area contributed by atoms with E-state index in [2.05, 4.69) is 4.98 Å². The number of hydrogen-bond acceptors (Lipinski definition) is 5. The van der Waals surface area contributed by atoms with Crippen LogP contribution in [0.2, 0.25) is 5.02 Å². The Hall–Kier alpha value is -2.71. The van der Waals surface area contributed by atoms with Gasteiger partial charge in [0.15, 0.2) is 0 Å². The molecule has 6 nitrogen and oxygen atoms in total. The number of ether oxygens (including phenoxy) is 2. The second-order valence-electron chi connectivity index (χ2n) is 6.79. The average Bonchev–Trinajstić information content (AvgIpc) is 3.19. The monoisotopic (exact) mass is 421 g/mol. The van der Waals surface area contributed by atoms with Crippen LogP contribution in [0, 0.1) is 0 Å². The van der Waals surface area contributed by atoms with Crippen molar-refractivity contribution in [3.63, 3.8) is 0 Å². The van der Waals surface area contributed by atoms with Gasteiger partial charge >= 0.3 is 12.6 Å². The smallest absolute Gasteiger partial charge is 0.387 e. The summed E-state index contributed by atoms with van der Waals surface area (Å²) in [4.78, 5) is 16.5. The Morgan fingerprint density at radius 1 is 1.38 bits per heavy atom. The van der Waals surface area contributed by atoms with Gasteiger partial charge in [0.2, 0.25) is 0 Å². The Kier molecular flexibility index (Phi) is 5.14. The quantitative estimate of drug-likeness (QED) is 0.630. The first-order valence-electron chi connectivity index (χ1n) is 8.95. The predicted molar refractivity (Wildman–Crippen MR) is 103 cm³/mol. The van der Waals surface area contributed by atoms with Crippen LogP contribution in [0.25, 0.3) is 11.0 Å². The van der Waals surface area contributed by atoms with E-state index in [1.54, 1.807) is 30.3 Å². The fourth-order valence-corrected chi connectivity index (χ4v) is 4.09. The van der Waals surface area contributed by atoms with Crippen molar-refractivity contribution in [1.82, 2.24) is 9.55 Å². The van der Waals surface area contributed by atoms with E-state index in [1.807, 2.05) is 4.57 Å². The number of esters is 1. The highest BCUT2D eigenvalue weighted by Crippen LogP contribution is 2.45. The molecule has 1 aromatic heterocycles. The summed E-state index contributed by atoms with van der Waals surface area (Å²) < 4.78 is 37.6. The summed E-state index contributed by atoms with van der Waals surface area (Å²) in [5.41, 5.74) is 8.74. The molecule has 0 bridgehead atoms. The van der Waals surface area contributed by atoms with Crippen molar-refractivity contribution in [3.05, 3.63) is 58.4 Å². The number of carbonyl (C=O) groups is 1. The molecule has 0 amide bonds.